The van der Waals surface area contributed by atoms with Crippen molar-refractivity contribution in [3.8, 4) is 5.75 Å². The number of ether oxygens (including phenoxy) is 2. The molecule has 3 N–H and O–H groups in total. The standard InChI is InChI=1S/C24H32N4O3.HI/c1-17-7-8-21(23(11-17)31-16-20-9-10-30-15-20)14-27-24(25-3)26-13-19-5-4-6-22(12-19)28-18(2)29;/h4-8,11-12,20H,9-10,13-16H2,1-3H3,(H,28,29)(H2,25,26,27);1H. The first kappa shape index (κ1) is 25.9. The highest BCUT2D eigenvalue weighted by Crippen LogP contribution is 2.22. The Morgan fingerprint density at radius 2 is 2.00 bits per heavy atom. The first-order chi connectivity index (χ1) is 15.0. The summed E-state index contributed by atoms with van der Waals surface area (Å²) in [5, 5.41) is 9.47. The summed E-state index contributed by atoms with van der Waals surface area (Å²) in [5.41, 5.74) is 4.08. The Morgan fingerprint density at radius 3 is 2.72 bits per heavy atom. The summed E-state index contributed by atoms with van der Waals surface area (Å²) in [4.78, 5) is 15.6. The van der Waals surface area contributed by atoms with Gasteiger partial charge in [-0.15, -0.1) is 24.0 Å². The summed E-state index contributed by atoms with van der Waals surface area (Å²) in [6, 6.07) is 14.0. The Kier molecular flexibility index (Phi) is 10.8. The zero-order valence-electron chi connectivity index (χ0n) is 18.9. The van der Waals surface area contributed by atoms with Crippen LogP contribution in [-0.4, -0.2) is 38.7 Å². The van der Waals surface area contributed by atoms with Gasteiger partial charge < -0.3 is 25.4 Å². The number of nitrogens with zero attached hydrogens (tertiary/aromatic N) is 1. The van der Waals surface area contributed by atoms with Gasteiger partial charge in [-0.05, 0) is 42.7 Å². The molecule has 1 unspecified atom stereocenters. The number of carbonyl (C=O) groups excluding carboxylic acids is 1. The molecular weight excluding hydrogens is 519 g/mol. The fraction of sp³-hybridized carbons (Fsp3) is 0.417. The molecule has 0 saturated carbocycles. The highest BCUT2D eigenvalue weighted by atomic mass is 127. The molecule has 0 aromatic heterocycles. The molecule has 1 atom stereocenters. The highest BCUT2D eigenvalue weighted by molar-refractivity contribution is 14.0. The van der Waals surface area contributed by atoms with Crippen molar-refractivity contribution in [2.45, 2.75) is 33.4 Å². The van der Waals surface area contributed by atoms with Gasteiger partial charge in [0.05, 0.1) is 13.2 Å². The van der Waals surface area contributed by atoms with Crippen molar-refractivity contribution in [1.82, 2.24) is 10.6 Å². The van der Waals surface area contributed by atoms with E-state index in [0.717, 1.165) is 42.2 Å². The van der Waals surface area contributed by atoms with Gasteiger partial charge in [-0.3, -0.25) is 9.79 Å². The molecule has 1 heterocycles. The van der Waals surface area contributed by atoms with E-state index in [2.05, 4.69) is 46.1 Å². The number of guanidine groups is 1. The van der Waals surface area contributed by atoms with E-state index in [9.17, 15) is 4.79 Å². The van der Waals surface area contributed by atoms with Gasteiger partial charge in [0.1, 0.15) is 5.75 Å². The minimum atomic E-state index is -0.0841. The van der Waals surface area contributed by atoms with E-state index in [0.29, 0.717) is 31.6 Å². The topological polar surface area (TPSA) is 84.0 Å². The van der Waals surface area contributed by atoms with Gasteiger partial charge in [-0.1, -0.05) is 24.3 Å². The highest BCUT2D eigenvalue weighted by Gasteiger charge is 2.17. The minimum absolute atomic E-state index is 0. The molecule has 2 aromatic rings. The van der Waals surface area contributed by atoms with E-state index in [4.69, 9.17) is 9.47 Å². The summed E-state index contributed by atoms with van der Waals surface area (Å²) >= 11 is 0. The van der Waals surface area contributed by atoms with Crippen molar-refractivity contribution >= 4 is 41.5 Å². The second-order valence-electron chi connectivity index (χ2n) is 7.81. The van der Waals surface area contributed by atoms with Crippen LogP contribution in [0.25, 0.3) is 0 Å². The number of benzene rings is 2. The van der Waals surface area contributed by atoms with E-state index in [-0.39, 0.29) is 29.9 Å². The van der Waals surface area contributed by atoms with Crippen LogP contribution in [0.2, 0.25) is 0 Å². The molecule has 0 spiro atoms. The van der Waals surface area contributed by atoms with Gasteiger partial charge in [-0.2, -0.15) is 0 Å². The van der Waals surface area contributed by atoms with Gasteiger partial charge in [0, 0.05) is 50.8 Å². The van der Waals surface area contributed by atoms with E-state index in [1.165, 1.54) is 12.5 Å². The van der Waals surface area contributed by atoms with Gasteiger partial charge in [0.25, 0.3) is 0 Å². The maximum atomic E-state index is 11.3. The normalized spacial score (nSPS) is 15.6. The Balaban J connectivity index is 0.00000363. The molecule has 0 aliphatic carbocycles. The molecule has 3 rings (SSSR count). The van der Waals surface area contributed by atoms with Gasteiger partial charge in [0.15, 0.2) is 5.96 Å². The first-order valence-corrected chi connectivity index (χ1v) is 10.6. The third-order valence-electron chi connectivity index (χ3n) is 5.10. The number of hydrogen-bond acceptors (Lipinski definition) is 4. The second-order valence-corrected chi connectivity index (χ2v) is 7.81. The van der Waals surface area contributed by atoms with E-state index in [1.54, 1.807) is 7.05 Å². The number of carbonyl (C=O) groups is 1. The molecule has 0 radical (unpaired) electrons. The molecule has 1 saturated heterocycles. The van der Waals surface area contributed by atoms with Crippen molar-refractivity contribution in [2.75, 3.05) is 32.2 Å². The Morgan fingerprint density at radius 1 is 1.19 bits per heavy atom. The van der Waals surface area contributed by atoms with Crippen LogP contribution >= 0.6 is 24.0 Å². The summed E-state index contributed by atoms with van der Waals surface area (Å²) in [6.45, 7) is 7.03. The number of anilines is 1. The number of amides is 1. The number of aryl methyl sites for hydroxylation is 1. The smallest absolute Gasteiger partial charge is 0.221 e. The third-order valence-corrected chi connectivity index (χ3v) is 5.10. The van der Waals surface area contributed by atoms with Crippen molar-refractivity contribution in [1.29, 1.82) is 0 Å². The fourth-order valence-corrected chi connectivity index (χ4v) is 3.41. The predicted molar refractivity (Wildman–Crippen MR) is 139 cm³/mol. The lowest BCUT2D eigenvalue weighted by Gasteiger charge is -2.17. The molecule has 0 bridgehead atoms. The molecule has 1 amide bonds. The maximum absolute atomic E-state index is 11.3. The van der Waals surface area contributed by atoms with Crippen LogP contribution in [0.5, 0.6) is 5.75 Å². The third kappa shape index (κ3) is 8.31. The second kappa shape index (κ2) is 13.3. The largest absolute Gasteiger partial charge is 0.493 e. The summed E-state index contributed by atoms with van der Waals surface area (Å²) < 4.78 is 11.6. The molecule has 174 valence electrons. The number of rotatable bonds is 8. The van der Waals surface area contributed by atoms with Crippen LogP contribution < -0.4 is 20.7 Å². The van der Waals surface area contributed by atoms with Crippen molar-refractivity contribution in [3.63, 3.8) is 0 Å². The number of hydrogen-bond donors (Lipinski definition) is 3. The van der Waals surface area contributed by atoms with Crippen molar-refractivity contribution in [2.24, 2.45) is 10.9 Å². The Labute approximate surface area is 207 Å². The average Bonchev–Trinajstić information content (AvgIpc) is 3.27. The van der Waals surface area contributed by atoms with Crippen molar-refractivity contribution < 1.29 is 14.3 Å². The van der Waals surface area contributed by atoms with Crippen LogP contribution in [0, 0.1) is 12.8 Å². The van der Waals surface area contributed by atoms with Crippen LogP contribution in [0.15, 0.2) is 47.5 Å². The fourth-order valence-electron chi connectivity index (χ4n) is 3.41. The summed E-state index contributed by atoms with van der Waals surface area (Å²) in [5.74, 6) is 1.97. The lowest BCUT2D eigenvalue weighted by molar-refractivity contribution is -0.114. The van der Waals surface area contributed by atoms with Gasteiger partial charge in [-0.25, -0.2) is 0 Å². The van der Waals surface area contributed by atoms with Crippen LogP contribution in [0.1, 0.15) is 30.0 Å². The zero-order valence-corrected chi connectivity index (χ0v) is 21.3. The van der Waals surface area contributed by atoms with Crippen LogP contribution in [0.3, 0.4) is 0 Å². The average molecular weight is 552 g/mol. The molecule has 1 aliphatic heterocycles. The molecule has 32 heavy (non-hydrogen) atoms. The Bertz CT molecular complexity index is 914. The molecule has 7 nitrogen and oxygen atoms in total. The van der Waals surface area contributed by atoms with E-state index < -0.39 is 0 Å². The first-order valence-electron chi connectivity index (χ1n) is 10.6. The van der Waals surface area contributed by atoms with Gasteiger partial charge >= 0.3 is 0 Å². The van der Waals surface area contributed by atoms with E-state index >= 15 is 0 Å². The number of halogens is 1. The van der Waals surface area contributed by atoms with Crippen LogP contribution in [0.4, 0.5) is 5.69 Å². The maximum Gasteiger partial charge on any atom is 0.221 e. The van der Waals surface area contributed by atoms with E-state index in [1.807, 2.05) is 24.3 Å². The van der Waals surface area contributed by atoms with Crippen molar-refractivity contribution in [3.05, 3.63) is 59.2 Å². The SMILES string of the molecule is CN=C(NCc1cccc(NC(C)=O)c1)NCc1ccc(C)cc1OCC1CCOC1.I. The summed E-state index contributed by atoms with van der Waals surface area (Å²) in [6.07, 6.45) is 1.05. The monoisotopic (exact) mass is 552 g/mol. The molecular formula is C24H33IN4O3. The Hall–Kier alpha value is -2.33. The molecule has 2 aromatic carbocycles. The molecule has 8 heteroatoms. The van der Waals surface area contributed by atoms with Crippen LogP contribution in [-0.2, 0) is 22.6 Å². The summed E-state index contributed by atoms with van der Waals surface area (Å²) in [7, 11) is 1.75. The minimum Gasteiger partial charge on any atom is -0.493 e. The molecule has 1 fully saturated rings. The molecule has 1 aliphatic rings. The quantitative estimate of drug-likeness (QED) is 0.263. The number of nitrogens with one attached hydrogen (secondary N) is 3. The lowest BCUT2D eigenvalue weighted by Crippen LogP contribution is -2.36. The predicted octanol–water partition coefficient (Wildman–Crippen LogP) is 3.85. The van der Waals surface area contributed by atoms with Gasteiger partial charge in [0.2, 0.25) is 5.91 Å². The lowest BCUT2D eigenvalue weighted by atomic mass is 10.1. The zero-order chi connectivity index (χ0) is 22.1. The number of aliphatic imine (C=N–C) groups is 1.